The van der Waals surface area contributed by atoms with Crippen LogP contribution in [0, 0.1) is 0 Å². The summed E-state index contributed by atoms with van der Waals surface area (Å²) in [6.07, 6.45) is -0.352. The molecule has 114 valence electrons. The fourth-order valence-corrected chi connectivity index (χ4v) is 2.23. The van der Waals surface area contributed by atoms with Gasteiger partial charge in [0, 0.05) is 15.7 Å². The van der Waals surface area contributed by atoms with Crippen molar-refractivity contribution in [3.05, 3.63) is 57.5 Å². The van der Waals surface area contributed by atoms with Crippen LogP contribution in [0.4, 0.5) is 11.4 Å². The Hall–Kier alpha value is -1.75. The average molecular weight is 358 g/mol. The van der Waals surface area contributed by atoms with Gasteiger partial charge in [-0.15, -0.1) is 0 Å². The van der Waals surface area contributed by atoms with Crippen molar-refractivity contribution in [1.29, 1.82) is 0 Å². The molecule has 0 aliphatic carbocycles. The second-order valence-electron chi connectivity index (χ2n) is 4.41. The smallest absolute Gasteiger partial charge is 0.233 e. The van der Waals surface area contributed by atoms with Crippen LogP contribution >= 0.6 is 34.8 Å². The first-order valence-corrected chi connectivity index (χ1v) is 7.38. The summed E-state index contributed by atoms with van der Waals surface area (Å²) in [6.45, 7) is 0. The van der Waals surface area contributed by atoms with Crippen LogP contribution in [-0.4, -0.2) is 11.8 Å². The molecule has 0 bridgehead atoms. The van der Waals surface area contributed by atoms with Gasteiger partial charge in [-0.25, -0.2) is 0 Å². The van der Waals surface area contributed by atoms with Crippen molar-refractivity contribution in [3.63, 3.8) is 0 Å². The largest absolute Gasteiger partial charge is 0.326 e. The van der Waals surface area contributed by atoms with Gasteiger partial charge in [-0.05, 0) is 36.4 Å². The lowest BCUT2D eigenvalue weighted by Crippen LogP contribution is -2.21. The summed E-state index contributed by atoms with van der Waals surface area (Å²) < 4.78 is 0. The first-order chi connectivity index (χ1) is 10.4. The zero-order valence-electron chi connectivity index (χ0n) is 11.2. The lowest BCUT2D eigenvalue weighted by molar-refractivity contribution is -0.123. The number of hydrogen-bond acceptors (Lipinski definition) is 2. The third kappa shape index (κ3) is 4.91. The minimum absolute atomic E-state index is 0.341. The SMILES string of the molecule is O=C(CC(=O)Nc1cc(Cl)ccc1Cl)Nc1cccc(Cl)c1. The Kier molecular flexibility index (Phi) is 5.66. The lowest BCUT2D eigenvalue weighted by atomic mass is 10.2. The van der Waals surface area contributed by atoms with Crippen molar-refractivity contribution in [3.8, 4) is 0 Å². The molecule has 0 spiro atoms. The number of rotatable bonds is 4. The van der Waals surface area contributed by atoms with Crippen molar-refractivity contribution < 1.29 is 9.59 Å². The topological polar surface area (TPSA) is 58.2 Å². The second kappa shape index (κ2) is 7.49. The highest BCUT2D eigenvalue weighted by molar-refractivity contribution is 6.35. The summed E-state index contributed by atoms with van der Waals surface area (Å²) in [6, 6.07) is 11.3. The van der Waals surface area contributed by atoms with Crippen LogP contribution in [0.2, 0.25) is 15.1 Å². The highest BCUT2D eigenvalue weighted by Crippen LogP contribution is 2.25. The predicted octanol–water partition coefficient (Wildman–Crippen LogP) is 4.61. The third-order valence-corrected chi connectivity index (χ3v) is 3.43. The van der Waals surface area contributed by atoms with Crippen LogP contribution in [0.3, 0.4) is 0 Å². The van der Waals surface area contributed by atoms with Crippen molar-refractivity contribution in [1.82, 2.24) is 0 Å². The first kappa shape index (κ1) is 16.6. The maximum Gasteiger partial charge on any atom is 0.233 e. The van der Waals surface area contributed by atoms with E-state index < -0.39 is 11.8 Å². The van der Waals surface area contributed by atoms with Crippen molar-refractivity contribution in [2.45, 2.75) is 6.42 Å². The maximum absolute atomic E-state index is 11.8. The lowest BCUT2D eigenvalue weighted by Gasteiger charge is -2.08. The maximum atomic E-state index is 11.8. The Balaban J connectivity index is 1.94. The number of nitrogens with one attached hydrogen (secondary N) is 2. The van der Waals surface area contributed by atoms with Gasteiger partial charge in [0.2, 0.25) is 11.8 Å². The quantitative estimate of drug-likeness (QED) is 0.785. The molecule has 0 saturated carbocycles. The van der Waals surface area contributed by atoms with E-state index >= 15 is 0 Å². The molecule has 0 unspecified atom stereocenters. The van der Waals surface area contributed by atoms with E-state index in [1.165, 1.54) is 6.07 Å². The molecule has 0 aromatic heterocycles. The number of halogens is 3. The van der Waals surface area contributed by atoms with Crippen molar-refractivity contribution >= 4 is 58.0 Å². The summed E-state index contributed by atoms with van der Waals surface area (Å²) >= 11 is 17.6. The number of carbonyl (C=O) groups excluding carboxylic acids is 2. The molecule has 0 aliphatic heterocycles. The van der Waals surface area contributed by atoms with E-state index in [4.69, 9.17) is 34.8 Å². The number of hydrogen-bond donors (Lipinski definition) is 2. The minimum Gasteiger partial charge on any atom is -0.326 e. The fourth-order valence-electron chi connectivity index (χ4n) is 1.70. The summed E-state index contributed by atoms with van der Waals surface area (Å²) in [7, 11) is 0. The highest BCUT2D eigenvalue weighted by atomic mass is 35.5. The third-order valence-electron chi connectivity index (χ3n) is 2.63. The predicted molar refractivity (Wildman–Crippen MR) is 89.8 cm³/mol. The molecule has 2 rings (SSSR count). The van der Waals surface area contributed by atoms with Gasteiger partial charge in [0.05, 0.1) is 10.7 Å². The van der Waals surface area contributed by atoms with Gasteiger partial charge in [-0.3, -0.25) is 9.59 Å². The summed E-state index contributed by atoms with van der Waals surface area (Å²) in [4.78, 5) is 23.6. The van der Waals surface area contributed by atoms with Crippen LogP contribution in [0.15, 0.2) is 42.5 Å². The highest BCUT2D eigenvalue weighted by Gasteiger charge is 2.12. The molecular formula is C15H11Cl3N2O2. The summed E-state index contributed by atoms with van der Waals surface area (Å²) in [5, 5.41) is 6.39. The normalized spacial score (nSPS) is 10.1. The molecule has 0 radical (unpaired) electrons. The standard InChI is InChI=1S/C15H11Cl3N2O2/c16-9-2-1-3-11(6-9)19-14(21)8-15(22)20-13-7-10(17)4-5-12(13)18/h1-7H,8H2,(H,19,21)(H,20,22). The average Bonchev–Trinajstić information content (AvgIpc) is 2.42. The number of anilines is 2. The van der Waals surface area contributed by atoms with Crippen LogP contribution in [-0.2, 0) is 9.59 Å². The summed E-state index contributed by atoms with van der Waals surface area (Å²) in [5.74, 6) is -0.957. The van der Waals surface area contributed by atoms with Crippen molar-refractivity contribution in [2.24, 2.45) is 0 Å². The Morgan fingerprint density at radius 3 is 2.27 bits per heavy atom. The minimum atomic E-state index is -0.497. The van der Waals surface area contributed by atoms with Crippen LogP contribution in [0.1, 0.15) is 6.42 Å². The molecule has 0 saturated heterocycles. The van der Waals surface area contributed by atoms with E-state index in [2.05, 4.69) is 10.6 Å². The monoisotopic (exact) mass is 356 g/mol. The molecule has 0 heterocycles. The van der Waals surface area contributed by atoms with Crippen LogP contribution in [0.25, 0.3) is 0 Å². The first-order valence-electron chi connectivity index (χ1n) is 6.24. The van der Waals surface area contributed by atoms with Gasteiger partial charge in [0.25, 0.3) is 0 Å². The van der Waals surface area contributed by atoms with E-state index in [1.807, 2.05) is 0 Å². The summed E-state index contributed by atoms with van der Waals surface area (Å²) in [5.41, 5.74) is 0.876. The Morgan fingerprint density at radius 1 is 0.864 bits per heavy atom. The second-order valence-corrected chi connectivity index (χ2v) is 5.69. The van der Waals surface area contributed by atoms with Gasteiger partial charge in [-0.2, -0.15) is 0 Å². The van der Waals surface area contributed by atoms with E-state index in [1.54, 1.807) is 36.4 Å². The molecular weight excluding hydrogens is 347 g/mol. The van der Waals surface area contributed by atoms with E-state index in [0.717, 1.165) is 0 Å². The number of benzene rings is 2. The van der Waals surface area contributed by atoms with Gasteiger partial charge in [-0.1, -0.05) is 40.9 Å². The molecule has 2 aromatic carbocycles. The van der Waals surface area contributed by atoms with Crippen LogP contribution in [0.5, 0.6) is 0 Å². The van der Waals surface area contributed by atoms with Gasteiger partial charge in [0.1, 0.15) is 6.42 Å². The van der Waals surface area contributed by atoms with E-state index in [0.29, 0.717) is 26.4 Å². The molecule has 7 heteroatoms. The molecule has 0 aliphatic rings. The molecule has 2 aromatic rings. The molecule has 22 heavy (non-hydrogen) atoms. The number of amides is 2. The number of carbonyl (C=O) groups is 2. The molecule has 2 amide bonds. The molecule has 0 atom stereocenters. The van der Waals surface area contributed by atoms with E-state index in [-0.39, 0.29) is 6.42 Å². The molecule has 2 N–H and O–H groups in total. The van der Waals surface area contributed by atoms with Crippen molar-refractivity contribution in [2.75, 3.05) is 10.6 Å². The van der Waals surface area contributed by atoms with E-state index in [9.17, 15) is 9.59 Å². The molecule has 4 nitrogen and oxygen atoms in total. The molecule has 0 fully saturated rings. The van der Waals surface area contributed by atoms with Crippen LogP contribution < -0.4 is 10.6 Å². The van der Waals surface area contributed by atoms with Gasteiger partial charge < -0.3 is 10.6 Å². The Labute approximate surface area is 142 Å². The van der Waals surface area contributed by atoms with Gasteiger partial charge >= 0.3 is 0 Å². The Bertz CT molecular complexity index is 720. The van der Waals surface area contributed by atoms with Gasteiger partial charge in [0.15, 0.2) is 0 Å². The zero-order valence-corrected chi connectivity index (χ0v) is 13.5. The fraction of sp³-hybridized carbons (Fsp3) is 0.0667. The zero-order chi connectivity index (χ0) is 16.1. The Morgan fingerprint density at radius 2 is 1.55 bits per heavy atom.